The highest BCUT2D eigenvalue weighted by molar-refractivity contribution is 7.22. The smallest absolute Gasteiger partial charge is 0.407 e. The van der Waals surface area contributed by atoms with E-state index in [1.54, 1.807) is 12.3 Å². The lowest BCUT2D eigenvalue weighted by Gasteiger charge is -2.22. The van der Waals surface area contributed by atoms with Crippen molar-refractivity contribution < 1.29 is 28.7 Å². The lowest BCUT2D eigenvalue weighted by atomic mass is 10.1. The molecule has 5 rings (SSSR count). The molecule has 11 heteroatoms. The fourth-order valence-electron chi connectivity index (χ4n) is 4.18. The Labute approximate surface area is 214 Å². The molecule has 1 saturated heterocycles. The number of nitro groups is 1. The lowest BCUT2D eigenvalue weighted by Crippen LogP contribution is -2.35. The zero-order valence-corrected chi connectivity index (χ0v) is 20.3. The highest BCUT2D eigenvalue weighted by atomic mass is 32.1. The number of nitrogens with zero attached hydrogens (tertiary/aromatic N) is 3. The highest BCUT2D eigenvalue weighted by Gasteiger charge is 2.22. The molecule has 1 atom stereocenters. The first-order valence-electron chi connectivity index (χ1n) is 11.6. The van der Waals surface area contributed by atoms with Gasteiger partial charge in [-0.3, -0.25) is 15.1 Å². The van der Waals surface area contributed by atoms with E-state index in [2.05, 4.69) is 4.98 Å². The Balaban J connectivity index is 1.34. The van der Waals surface area contributed by atoms with Gasteiger partial charge in [-0.05, 0) is 36.1 Å². The van der Waals surface area contributed by atoms with Gasteiger partial charge in [0, 0.05) is 36.4 Å². The number of thiophene rings is 1. The number of non-ortho nitro benzene ring substituents is 1. The van der Waals surface area contributed by atoms with Crippen LogP contribution < -0.4 is 4.74 Å². The molecule has 0 spiro atoms. The second-order valence-corrected chi connectivity index (χ2v) is 9.66. The number of benzene rings is 2. The Bertz CT molecular complexity index is 1450. The molecule has 4 aromatic rings. The average Bonchev–Trinajstić information content (AvgIpc) is 3.55. The van der Waals surface area contributed by atoms with Gasteiger partial charge >= 0.3 is 6.09 Å². The number of nitro benzene ring substituents is 1. The molecule has 3 heterocycles. The van der Waals surface area contributed by atoms with Crippen molar-refractivity contribution >= 4 is 33.3 Å². The Hall–Kier alpha value is -4.09. The maximum Gasteiger partial charge on any atom is 0.407 e. The van der Waals surface area contributed by atoms with Crippen LogP contribution in [0.2, 0.25) is 0 Å². The zero-order valence-electron chi connectivity index (χ0n) is 19.5. The van der Waals surface area contributed by atoms with Crippen molar-refractivity contribution in [3.05, 3.63) is 82.3 Å². The summed E-state index contributed by atoms with van der Waals surface area (Å²) >= 11 is 1.42. The Morgan fingerprint density at radius 2 is 2.03 bits per heavy atom. The summed E-state index contributed by atoms with van der Waals surface area (Å²) < 4.78 is 26.4. The van der Waals surface area contributed by atoms with Gasteiger partial charge in [-0.15, -0.1) is 11.3 Å². The Kier molecular flexibility index (Phi) is 6.97. The van der Waals surface area contributed by atoms with Gasteiger partial charge in [0.2, 0.25) is 0 Å². The van der Waals surface area contributed by atoms with E-state index in [4.69, 9.17) is 9.47 Å². The van der Waals surface area contributed by atoms with Crippen LogP contribution in [-0.4, -0.2) is 45.3 Å². The third-order valence-corrected chi connectivity index (χ3v) is 7.24. The summed E-state index contributed by atoms with van der Waals surface area (Å²) in [4.78, 5) is 28.6. The van der Waals surface area contributed by atoms with Crippen LogP contribution in [0.5, 0.6) is 11.5 Å². The van der Waals surface area contributed by atoms with Crippen molar-refractivity contribution in [2.75, 3.05) is 13.2 Å². The number of rotatable bonds is 8. The van der Waals surface area contributed by atoms with Gasteiger partial charge in [0.05, 0.1) is 33.9 Å². The molecule has 1 amide bonds. The van der Waals surface area contributed by atoms with Crippen LogP contribution in [0.1, 0.15) is 18.4 Å². The van der Waals surface area contributed by atoms with Gasteiger partial charge in [0.1, 0.15) is 5.75 Å². The normalized spacial score (nSPS) is 15.1. The summed E-state index contributed by atoms with van der Waals surface area (Å²) in [6.45, 7) is 1.28. The summed E-state index contributed by atoms with van der Waals surface area (Å²) in [7, 11) is 0. The van der Waals surface area contributed by atoms with E-state index < -0.39 is 16.8 Å². The summed E-state index contributed by atoms with van der Waals surface area (Å²) in [5, 5.41) is 20.5. The molecule has 2 aromatic heterocycles. The molecule has 190 valence electrons. The van der Waals surface area contributed by atoms with Gasteiger partial charge in [-0.1, -0.05) is 24.3 Å². The molecule has 1 aliphatic heterocycles. The molecule has 1 unspecified atom stereocenters. The Morgan fingerprint density at radius 3 is 2.70 bits per heavy atom. The molecule has 1 aliphatic rings. The van der Waals surface area contributed by atoms with E-state index in [0.717, 1.165) is 34.9 Å². The van der Waals surface area contributed by atoms with Crippen LogP contribution in [0.4, 0.5) is 14.9 Å². The molecule has 9 nitrogen and oxygen atoms in total. The van der Waals surface area contributed by atoms with E-state index in [1.165, 1.54) is 28.4 Å². The molecule has 0 radical (unpaired) electrons. The molecular formula is C26H22FN3O6S. The fraction of sp³-hybridized carbons (Fsp3) is 0.231. The fourth-order valence-corrected chi connectivity index (χ4v) is 5.25. The number of hydrogen-bond acceptors (Lipinski definition) is 7. The van der Waals surface area contributed by atoms with Crippen LogP contribution in [0.25, 0.3) is 20.7 Å². The van der Waals surface area contributed by atoms with Crippen molar-refractivity contribution in [1.29, 1.82) is 0 Å². The summed E-state index contributed by atoms with van der Waals surface area (Å²) in [5.74, 6) is -0.568. The van der Waals surface area contributed by atoms with Gasteiger partial charge in [0.25, 0.3) is 5.69 Å². The predicted octanol–water partition coefficient (Wildman–Crippen LogP) is 6.46. The minimum atomic E-state index is -0.979. The monoisotopic (exact) mass is 523 g/mol. The summed E-state index contributed by atoms with van der Waals surface area (Å²) in [6.07, 6.45) is 2.33. The second-order valence-electron chi connectivity index (χ2n) is 8.60. The number of aromatic nitrogens is 1. The maximum atomic E-state index is 14.4. The van der Waals surface area contributed by atoms with Crippen LogP contribution in [0.15, 0.2) is 60.8 Å². The van der Waals surface area contributed by atoms with Crippen LogP contribution in [-0.2, 0) is 11.3 Å². The molecule has 1 N–H and O–H groups in total. The lowest BCUT2D eigenvalue weighted by molar-refractivity contribution is -0.385. The van der Waals surface area contributed by atoms with E-state index in [1.807, 2.05) is 30.3 Å². The minimum absolute atomic E-state index is 0.0580. The first-order valence-corrected chi connectivity index (χ1v) is 12.4. The van der Waals surface area contributed by atoms with E-state index in [-0.39, 0.29) is 24.1 Å². The molecule has 37 heavy (non-hydrogen) atoms. The number of halogens is 1. The van der Waals surface area contributed by atoms with Crippen LogP contribution in [0, 0.1) is 15.9 Å². The quantitative estimate of drug-likeness (QED) is 0.208. The largest absolute Gasteiger partial charge is 0.465 e. The van der Waals surface area contributed by atoms with Crippen molar-refractivity contribution in [3.63, 3.8) is 0 Å². The average molecular weight is 524 g/mol. The molecule has 1 fully saturated rings. The SMILES string of the molecule is O=C(O)N(Cc1ccc(-c2cc3nccc(Oc4ccc([N+](=O)[O-])cc4F)c3s2)cc1)CC1CCCO1. The maximum absolute atomic E-state index is 14.4. The van der Waals surface area contributed by atoms with Crippen LogP contribution in [0.3, 0.4) is 0 Å². The highest BCUT2D eigenvalue weighted by Crippen LogP contribution is 2.40. The molecular weight excluding hydrogens is 501 g/mol. The summed E-state index contributed by atoms with van der Waals surface area (Å²) in [5.41, 5.74) is 2.09. The van der Waals surface area contributed by atoms with E-state index in [9.17, 15) is 24.4 Å². The van der Waals surface area contributed by atoms with Crippen molar-refractivity contribution in [2.45, 2.75) is 25.5 Å². The number of pyridine rings is 1. The molecule has 0 aliphatic carbocycles. The van der Waals surface area contributed by atoms with Crippen molar-refractivity contribution in [2.24, 2.45) is 0 Å². The topological polar surface area (TPSA) is 115 Å². The van der Waals surface area contributed by atoms with Gasteiger partial charge in [-0.25, -0.2) is 9.18 Å². The summed E-state index contributed by atoms with van der Waals surface area (Å²) in [6, 6.07) is 14.4. The number of carbonyl (C=O) groups is 1. The van der Waals surface area contributed by atoms with Crippen molar-refractivity contribution in [3.8, 4) is 21.9 Å². The third-order valence-electron chi connectivity index (χ3n) is 6.05. The Morgan fingerprint density at radius 1 is 1.22 bits per heavy atom. The zero-order chi connectivity index (χ0) is 25.9. The van der Waals surface area contributed by atoms with Crippen LogP contribution >= 0.6 is 11.3 Å². The standard InChI is InChI=1S/C26H22FN3O6S/c27-20-12-18(30(33)34)7-8-22(20)36-23-9-10-28-21-13-24(37-25(21)23)17-5-3-16(4-6-17)14-29(26(31)32)15-19-2-1-11-35-19/h3-10,12-13,19H,1-2,11,14-15H2,(H,31,32). The van der Waals surface area contributed by atoms with E-state index in [0.29, 0.717) is 29.1 Å². The number of fused-ring (bicyclic) bond motifs is 1. The molecule has 2 aromatic carbocycles. The van der Waals surface area contributed by atoms with Crippen molar-refractivity contribution in [1.82, 2.24) is 9.88 Å². The molecule has 0 saturated carbocycles. The van der Waals surface area contributed by atoms with Gasteiger partial charge in [0.15, 0.2) is 11.6 Å². The second kappa shape index (κ2) is 10.5. The predicted molar refractivity (Wildman–Crippen MR) is 136 cm³/mol. The first kappa shape index (κ1) is 24.6. The number of ether oxygens (including phenoxy) is 2. The number of hydrogen-bond donors (Lipinski definition) is 1. The molecule has 0 bridgehead atoms. The number of carboxylic acid groups (broad SMARTS) is 1. The minimum Gasteiger partial charge on any atom is -0.465 e. The third kappa shape index (κ3) is 5.52. The van der Waals surface area contributed by atoms with Gasteiger partial charge < -0.3 is 19.5 Å². The number of amides is 1. The van der Waals surface area contributed by atoms with E-state index >= 15 is 0 Å². The first-order chi connectivity index (χ1) is 17.9. The van der Waals surface area contributed by atoms with Gasteiger partial charge in [-0.2, -0.15) is 0 Å².